The molecule has 1 saturated carbocycles. The van der Waals surface area contributed by atoms with Crippen molar-refractivity contribution in [3.05, 3.63) is 18.0 Å². The monoisotopic (exact) mass is 192 g/mol. The molecule has 14 heavy (non-hydrogen) atoms. The molecule has 0 aliphatic heterocycles. The van der Waals surface area contributed by atoms with Crippen LogP contribution < -0.4 is 0 Å². The molecule has 1 aliphatic carbocycles. The van der Waals surface area contributed by atoms with Crippen LogP contribution in [0.4, 0.5) is 0 Å². The fraction of sp³-hybridized carbons (Fsp3) is 0.750. The third-order valence-corrected chi connectivity index (χ3v) is 3.26. The molecule has 1 aromatic rings. The Balaban J connectivity index is 1.89. The fourth-order valence-electron chi connectivity index (χ4n) is 2.41. The molecule has 0 spiro atoms. The lowest BCUT2D eigenvalue weighted by Crippen LogP contribution is -2.08. The maximum atomic E-state index is 4.32. The average Bonchev–Trinajstić information content (AvgIpc) is 2.67. The van der Waals surface area contributed by atoms with Crippen LogP contribution in [0.1, 0.15) is 44.6 Å². The summed E-state index contributed by atoms with van der Waals surface area (Å²) in [5, 5.41) is 4.32. The van der Waals surface area contributed by atoms with Crippen LogP contribution in [0, 0.1) is 5.92 Å². The molecule has 2 heteroatoms. The Kier molecular flexibility index (Phi) is 3.22. The number of rotatable bonds is 3. The quantitative estimate of drug-likeness (QED) is 0.719. The molecule has 1 fully saturated rings. The Morgan fingerprint density at radius 3 is 2.79 bits per heavy atom. The molecule has 0 saturated heterocycles. The summed E-state index contributed by atoms with van der Waals surface area (Å²) in [6, 6.07) is 0. The van der Waals surface area contributed by atoms with E-state index in [2.05, 4.69) is 18.2 Å². The van der Waals surface area contributed by atoms with Crippen LogP contribution >= 0.6 is 0 Å². The summed E-state index contributed by atoms with van der Waals surface area (Å²) in [6.07, 6.45) is 12.7. The molecule has 0 aromatic carbocycles. The third kappa shape index (κ3) is 2.37. The second-order valence-corrected chi connectivity index (χ2v) is 4.41. The molecule has 0 atom stereocenters. The first kappa shape index (κ1) is 9.75. The van der Waals surface area contributed by atoms with Crippen molar-refractivity contribution < 1.29 is 0 Å². The van der Waals surface area contributed by atoms with Crippen LogP contribution in [0.15, 0.2) is 12.4 Å². The van der Waals surface area contributed by atoms with Crippen molar-refractivity contribution >= 4 is 0 Å². The Morgan fingerprint density at radius 1 is 1.36 bits per heavy atom. The predicted octanol–water partition coefficient (Wildman–Crippen LogP) is 3.03. The van der Waals surface area contributed by atoms with Crippen LogP contribution in [0.3, 0.4) is 0 Å². The van der Waals surface area contributed by atoms with Gasteiger partial charge in [0.1, 0.15) is 0 Å². The van der Waals surface area contributed by atoms with Crippen molar-refractivity contribution in [3.63, 3.8) is 0 Å². The number of hydrogen-bond acceptors (Lipinski definition) is 1. The van der Waals surface area contributed by atoms with Crippen molar-refractivity contribution in [2.75, 3.05) is 0 Å². The summed E-state index contributed by atoms with van der Waals surface area (Å²) in [5.74, 6) is 0.929. The first-order valence-electron chi connectivity index (χ1n) is 5.90. The number of nitrogens with zero attached hydrogens (tertiary/aromatic N) is 2. The van der Waals surface area contributed by atoms with Crippen LogP contribution in [0.5, 0.6) is 0 Å². The zero-order valence-electron chi connectivity index (χ0n) is 9.08. The molecule has 0 unspecified atom stereocenters. The van der Waals surface area contributed by atoms with E-state index >= 15 is 0 Å². The molecule has 0 N–H and O–H groups in total. The van der Waals surface area contributed by atoms with E-state index in [1.807, 2.05) is 10.9 Å². The van der Waals surface area contributed by atoms with E-state index in [-0.39, 0.29) is 0 Å². The maximum absolute atomic E-state index is 4.32. The summed E-state index contributed by atoms with van der Waals surface area (Å²) in [4.78, 5) is 0. The Labute approximate surface area is 86.3 Å². The van der Waals surface area contributed by atoms with Crippen molar-refractivity contribution in [1.82, 2.24) is 9.78 Å². The summed E-state index contributed by atoms with van der Waals surface area (Å²) < 4.78 is 2.03. The highest BCUT2D eigenvalue weighted by Gasteiger charge is 2.14. The largest absolute Gasteiger partial charge is 0.273 e. The van der Waals surface area contributed by atoms with E-state index < -0.39 is 0 Å². The molecular weight excluding hydrogens is 172 g/mol. The number of aryl methyl sites for hydroxylation is 1. The highest BCUT2D eigenvalue weighted by molar-refractivity contribution is 5.05. The zero-order chi connectivity index (χ0) is 9.80. The van der Waals surface area contributed by atoms with Gasteiger partial charge in [-0.3, -0.25) is 4.68 Å². The number of hydrogen-bond donors (Lipinski definition) is 0. The van der Waals surface area contributed by atoms with E-state index in [0.29, 0.717) is 0 Å². The van der Waals surface area contributed by atoms with Gasteiger partial charge in [-0.15, -0.1) is 0 Å². The third-order valence-electron chi connectivity index (χ3n) is 3.26. The van der Waals surface area contributed by atoms with Gasteiger partial charge in [-0.05, 0) is 24.8 Å². The fourth-order valence-corrected chi connectivity index (χ4v) is 2.41. The van der Waals surface area contributed by atoms with E-state index in [9.17, 15) is 0 Å². The van der Waals surface area contributed by atoms with Crippen LogP contribution in [0.2, 0.25) is 0 Å². The highest BCUT2D eigenvalue weighted by atomic mass is 15.3. The zero-order valence-corrected chi connectivity index (χ0v) is 9.08. The second-order valence-electron chi connectivity index (χ2n) is 4.41. The Morgan fingerprint density at radius 2 is 2.14 bits per heavy atom. The van der Waals surface area contributed by atoms with E-state index in [0.717, 1.165) is 12.5 Å². The molecule has 2 nitrogen and oxygen atoms in total. The predicted molar refractivity (Wildman–Crippen MR) is 58.2 cm³/mol. The van der Waals surface area contributed by atoms with E-state index in [1.165, 1.54) is 44.1 Å². The average molecular weight is 192 g/mol. The van der Waals surface area contributed by atoms with Crippen molar-refractivity contribution in [3.8, 4) is 0 Å². The van der Waals surface area contributed by atoms with Gasteiger partial charge in [0.25, 0.3) is 0 Å². The normalized spacial score (nSPS) is 18.6. The summed E-state index contributed by atoms with van der Waals surface area (Å²) in [7, 11) is 0. The van der Waals surface area contributed by atoms with Gasteiger partial charge in [-0.2, -0.15) is 5.10 Å². The first-order valence-corrected chi connectivity index (χ1v) is 5.90. The molecule has 1 heterocycles. The van der Waals surface area contributed by atoms with Gasteiger partial charge >= 0.3 is 0 Å². The second kappa shape index (κ2) is 4.63. The molecule has 78 valence electrons. The van der Waals surface area contributed by atoms with Gasteiger partial charge in [0, 0.05) is 12.7 Å². The minimum atomic E-state index is 0.929. The van der Waals surface area contributed by atoms with Gasteiger partial charge in [-0.25, -0.2) is 0 Å². The Bertz CT molecular complexity index is 272. The summed E-state index contributed by atoms with van der Waals surface area (Å²) in [5.41, 5.74) is 1.43. The van der Waals surface area contributed by atoms with Crippen LogP contribution in [-0.2, 0) is 13.0 Å². The molecule has 1 aliphatic rings. The summed E-state index contributed by atoms with van der Waals surface area (Å²) in [6.45, 7) is 3.13. The Hall–Kier alpha value is -0.790. The van der Waals surface area contributed by atoms with Gasteiger partial charge in [0.05, 0.1) is 6.20 Å². The van der Waals surface area contributed by atoms with Crippen molar-refractivity contribution in [2.24, 2.45) is 5.92 Å². The van der Waals surface area contributed by atoms with E-state index in [4.69, 9.17) is 0 Å². The van der Waals surface area contributed by atoms with E-state index in [1.54, 1.807) is 0 Å². The maximum Gasteiger partial charge on any atom is 0.0521 e. The summed E-state index contributed by atoms with van der Waals surface area (Å²) >= 11 is 0. The van der Waals surface area contributed by atoms with Crippen molar-refractivity contribution in [1.29, 1.82) is 0 Å². The van der Waals surface area contributed by atoms with Crippen LogP contribution in [-0.4, -0.2) is 9.78 Å². The van der Waals surface area contributed by atoms with Gasteiger partial charge in [0.15, 0.2) is 0 Å². The molecule has 2 rings (SSSR count). The van der Waals surface area contributed by atoms with Gasteiger partial charge in [-0.1, -0.05) is 32.1 Å². The SMILES string of the molecule is CCn1cc(CC2CCCCC2)cn1. The van der Waals surface area contributed by atoms with Crippen molar-refractivity contribution in [2.45, 2.75) is 52.0 Å². The first-order chi connectivity index (χ1) is 6.88. The lowest BCUT2D eigenvalue weighted by Gasteiger charge is -2.20. The lowest BCUT2D eigenvalue weighted by atomic mass is 9.85. The number of aromatic nitrogens is 2. The van der Waals surface area contributed by atoms with Crippen LogP contribution in [0.25, 0.3) is 0 Å². The molecular formula is C12H20N2. The molecule has 0 radical (unpaired) electrons. The molecule has 1 aromatic heterocycles. The smallest absolute Gasteiger partial charge is 0.0521 e. The topological polar surface area (TPSA) is 17.8 Å². The lowest BCUT2D eigenvalue weighted by molar-refractivity contribution is 0.356. The van der Waals surface area contributed by atoms with Gasteiger partial charge < -0.3 is 0 Å². The standard InChI is InChI=1S/C12H20N2/c1-2-14-10-12(9-13-14)8-11-6-4-3-5-7-11/h9-11H,2-8H2,1H3. The minimum Gasteiger partial charge on any atom is -0.273 e. The highest BCUT2D eigenvalue weighted by Crippen LogP contribution is 2.26. The minimum absolute atomic E-state index is 0.929. The van der Waals surface area contributed by atoms with Gasteiger partial charge in [0.2, 0.25) is 0 Å². The molecule has 0 amide bonds. The molecule has 0 bridgehead atoms.